The van der Waals surface area contributed by atoms with Crippen LogP contribution in [0.4, 0.5) is 15.8 Å². The number of thiazole rings is 1. The zero-order valence-corrected chi connectivity index (χ0v) is 16.7. The van der Waals surface area contributed by atoms with E-state index in [4.69, 9.17) is 4.74 Å². The monoisotopic (exact) mass is 424 g/mol. The Hall–Kier alpha value is -3.72. The fraction of sp³-hybridized carbons (Fsp3) is 0.0952. The van der Waals surface area contributed by atoms with E-state index in [-0.39, 0.29) is 17.9 Å². The molecule has 2 amide bonds. The van der Waals surface area contributed by atoms with Crippen molar-refractivity contribution in [3.05, 3.63) is 77.3 Å². The van der Waals surface area contributed by atoms with Gasteiger partial charge in [0.25, 0.3) is 5.91 Å². The predicted molar refractivity (Wildman–Crippen MR) is 113 cm³/mol. The van der Waals surface area contributed by atoms with Crippen LogP contribution in [-0.4, -0.2) is 28.3 Å². The van der Waals surface area contributed by atoms with Crippen molar-refractivity contribution in [2.75, 3.05) is 17.7 Å². The minimum Gasteiger partial charge on any atom is -0.495 e. The Bertz CT molecular complexity index is 1210. The molecule has 2 aromatic carbocycles. The molecule has 0 saturated carbocycles. The first-order chi connectivity index (χ1) is 14.5. The summed E-state index contributed by atoms with van der Waals surface area (Å²) in [4.78, 5) is 30.1. The van der Waals surface area contributed by atoms with Crippen LogP contribution in [0.15, 0.2) is 60.2 Å². The summed E-state index contributed by atoms with van der Waals surface area (Å²) < 4.78 is 20.5. The zero-order chi connectivity index (χ0) is 21.1. The van der Waals surface area contributed by atoms with Crippen molar-refractivity contribution in [1.29, 1.82) is 0 Å². The third kappa shape index (κ3) is 4.31. The summed E-state index contributed by atoms with van der Waals surface area (Å²) in [5.41, 5.74) is 1.67. The summed E-state index contributed by atoms with van der Waals surface area (Å²) in [6.45, 7) is 0. The molecule has 2 N–H and O–H groups in total. The smallest absolute Gasteiger partial charge is 0.255 e. The number of hydrogen-bond acceptors (Lipinski definition) is 5. The van der Waals surface area contributed by atoms with E-state index in [1.54, 1.807) is 18.2 Å². The van der Waals surface area contributed by atoms with Crippen LogP contribution in [0.1, 0.15) is 16.1 Å². The van der Waals surface area contributed by atoms with E-state index in [2.05, 4.69) is 15.6 Å². The van der Waals surface area contributed by atoms with Crippen LogP contribution >= 0.6 is 11.3 Å². The molecule has 7 nitrogen and oxygen atoms in total. The van der Waals surface area contributed by atoms with Gasteiger partial charge in [-0.1, -0.05) is 6.07 Å². The minimum absolute atomic E-state index is 0.116. The predicted octanol–water partition coefficient (Wildman–Crippen LogP) is 3.98. The molecule has 0 unspecified atom stereocenters. The van der Waals surface area contributed by atoms with Crippen LogP contribution in [0.25, 0.3) is 4.96 Å². The number of methoxy groups -OCH3 is 1. The molecule has 0 bridgehead atoms. The average molecular weight is 424 g/mol. The Labute approximate surface area is 175 Å². The van der Waals surface area contributed by atoms with Gasteiger partial charge >= 0.3 is 0 Å². The van der Waals surface area contributed by atoms with Gasteiger partial charge in [0.05, 0.1) is 24.9 Å². The maximum absolute atomic E-state index is 13.4. The third-order valence-corrected chi connectivity index (χ3v) is 5.07. The highest BCUT2D eigenvalue weighted by Gasteiger charge is 2.13. The van der Waals surface area contributed by atoms with Crippen molar-refractivity contribution >= 4 is 39.5 Å². The molecule has 0 atom stereocenters. The number of rotatable bonds is 6. The van der Waals surface area contributed by atoms with Gasteiger partial charge in [0.1, 0.15) is 11.6 Å². The highest BCUT2D eigenvalue weighted by Crippen LogP contribution is 2.28. The number of anilines is 2. The Balaban J connectivity index is 1.48. The molecule has 152 valence electrons. The Morgan fingerprint density at radius 1 is 1.20 bits per heavy atom. The molecule has 0 saturated heterocycles. The van der Waals surface area contributed by atoms with Gasteiger partial charge in [-0.15, -0.1) is 11.3 Å². The topological polar surface area (TPSA) is 84.7 Å². The quantitative estimate of drug-likeness (QED) is 0.490. The lowest BCUT2D eigenvalue weighted by Crippen LogP contribution is -2.16. The molecule has 0 radical (unpaired) electrons. The maximum atomic E-state index is 13.4. The largest absolute Gasteiger partial charge is 0.495 e. The molecular weight excluding hydrogens is 407 g/mol. The van der Waals surface area contributed by atoms with E-state index >= 15 is 0 Å². The first kappa shape index (κ1) is 19.6. The van der Waals surface area contributed by atoms with Crippen LogP contribution in [0.3, 0.4) is 0 Å². The van der Waals surface area contributed by atoms with Crippen LogP contribution < -0.4 is 15.4 Å². The number of benzene rings is 2. The Kier molecular flexibility index (Phi) is 5.44. The number of nitrogens with zero attached hydrogens (tertiary/aromatic N) is 2. The van der Waals surface area contributed by atoms with E-state index in [0.29, 0.717) is 22.8 Å². The van der Waals surface area contributed by atoms with Crippen molar-refractivity contribution in [3.63, 3.8) is 0 Å². The van der Waals surface area contributed by atoms with Crippen LogP contribution in [0, 0.1) is 5.82 Å². The van der Waals surface area contributed by atoms with Crippen molar-refractivity contribution in [2.45, 2.75) is 6.42 Å². The van der Waals surface area contributed by atoms with Crippen LogP contribution in [0.2, 0.25) is 0 Å². The number of aromatic nitrogens is 2. The maximum Gasteiger partial charge on any atom is 0.255 e. The number of ether oxygens (including phenoxy) is 1. The molecule has 0 spiro atoms. The summed E-state index contributed by atoms with van der Waals surface area (Å²) in [5.74, 6) is -0.829. The molecule has 2 heterocycles. The number of carbonyl (C=O) groups excluding carboxylic acids is 2. The number of amides is 2. The summed E-state index contributed by atoms with van der Waals surface area (Å²) in [7, 11) is 1.47. The second kappa shape index (κ2) is 8.34. The standard InChI is InChI=1S/C21H17FN4O3S/c1-29-18-6-5-15(10-17(18)25-20(28)13-3-2-4-14(22)9-13)23-19(27)11-16-12-26-7-8-30-21(26)24-16/h2-10,12H,11H2,1H3,(H,23,27)(H,25,28). The van der Waals surface area contributed by atoms with E-state index < -0.39 is 11.7 Å². The highest BCUT2D eigenvalue weighted by molar-refractivity contribution is 7.15. The fourth-order valence-corrected chi connectivity index (χ4v) is 3.66. The first-order valence-corrected chi connectivity index (χ1v) is 9.85. The number of nitrogens with one attached hydrogen (secondary N) is 2. The van der Waals surface area contributed by atoms with Gasteiger partial charge in [-0.3, -0.25) is 14.0 Å². The molecular formula is C21H17FN4O3S. The lowest BCUT2D eigenvalue weighted by molar-refractivity contribution is -0.115. The molecule has 0 fully saturated rings. The molecule has 9 heteroatoms. The van der Waals surface area contributed by atoms with E-state index in [0.717, 1.165) is 11.0 Å². The zero-order valence-electron chi connectivity index (χ0n) is 15.9. The van der Waals surface area contributed by atoms with Crippen molar-refractivity contribution in [2.24, 2.45) is 0 Å². The van der Waals surface area contributed by atoms with Crippen molar-refractivity contribution in [1.82, 2.24) is 9.38 Å². The Morgan fingerprint density at radius 3 is 2.83 bits per heavy atom. The van der Waals surface area contributed by atoms with Crippen LogP contribution in [-0.2, 0) is 11.2 Å². The van der Waals surface area contributed by atoms with Crippen molar-refractivity contribution in [3.8, 4) is 5.75 Å². The molecule has 0 aliphatic rings. The second-order valence-electron chi connectivity index (χ2n) is 6.43. The van der Waals surface area contributed by atoms with Crippen molar-refractivity contribution < 1.29 is 18.7 Å². The summed E-state index contributed by atoms with van der Waals surface area (Å²) in [6, 6.07) is 10.2. The second-order valence-corrected chi connectivity index (χ2v) is 7.30. The summed E-state index contributed by atoms with van der Waals surface area (Å²) in [6.07, 6.45) is 3.81. The van der Waals surface area contributed by atoms with Gasteiger partial charge in [-0.25, -0.2) is 9.37 Å². The molecule has 4 aromatic rings. The van der Waals surface area contributed by atoms with Gasteiger partial charge in [0.2, 0.25) is 5.91 Å². The van der Waals surface area contributed by atoms with E-state index in [1.165, 1.54) is 36.6 Å². The van der Waals surface area contributed by atoms with Gasteiger partial charge in [-0.2, -0.15) is 0 Å². The number of hydrogen-bond donors (Lipinski definition) is 2. The molecule has 30 heavy (non-hydrogen) atoms. The lowest BCUT2D eigenvalue weighted by Gasteiger charge is -2.13. The molecule has 4 rings (SSSR count). The summed E-state index contributed by atoms with van der Waals surface area (Å²) in [5, 5.41) is 7.40. The van der Waals surface area contributed by atoms with Gasteiger partial charge in [0.15, 0.2) is 4.96 Å². The fourth-order valence-electron chi connectivity index (χ4n) is 2.94. The van der Waals surface area contributed by atoms with Gasteiger partial charge in [0, 0.05) is 29.0 Å². The number of imidazole rings is 1. The molecule has 2 aromatic heterocycles. The minimum atomic E-state index is -0.505. The average Bonchev–Trinajstić information content (AvgIpc) is 3.30. The van der Waals surface area contributed by atoms with Crippen LogP contribution in [0.5, 0.6) is 5.75 Å². The lowest BCUT2D eigenvalue weighted by atomic mass is 10.2. The Morgan fingerprint density at radius 2 is 2.07 bits per heavy atom. The number of fused-ring (bicyclic) bond motifs is 1. The van der Waals surface area contributed by atoms with Gasteiger partial charge in [-0.05, 0) is 36.4 Å². The van der Waals surface area contributed by atoms with Gasteiger partial charge < -0.3 is 15.4 Å². The first-order valence-electron chi connectivity index (χ1n) is 8.98. The molecule has 0 aliphatic heterocycles. The number of carbonyl (C=O) groups is 2. The number of halogens is 1. The summed E-state index contributed by atoms with van der Waals surface area (Å²) >= 11 is 1.49. The molecule has 0 aliphatic carbocycles. The third-order valence-electron chi connectivity index (χ3n) is 4.30. The van der Waals surface area contributed by atoms with E-state index in [9.17, 15) is 14.0 Å². The van der Waals surface area contributed by atoms with E-state index in [1.807, 2.05) is 22.2 Å². The SMILES string of the molecule is COc1ccc(NC(=O)Cc2cn3ccsc3n2)cc1NC(=O)c1cccc(F)c1. The normalized spacial score (nSPS) is 10.7. The highest BCUT2D eigenvalue weighted by atomic mass is 32.1.